The lowest BCUT2D eigenvalue weighted by Gasteiger charge is -2.35. The van der Waals surface area contributed by atoms with E-state index < -0.39 is 11.7 Å². The van der Waals surface area contributed by atoms with Gasteiger partial charge in [-0.3, -0.25) is 4.79 Å². The molecule has 3 N–H and O–H groups in total. The van der Waals surface area contributed by atoms with Gasteiger partial charge in [-0.1, -0.05) is 12.1 Å². The molecule has 29 heavy (non-hydrogen) atoms. The second kappa shape index (κ2) is 8.00. The summed E-state index contributed by atoms with van der Waals surface area (Å²) in [5, 5.41) is 4.15. The predicted octanol–water partition coefficient (Wildman–Crippen LogP) is 2.74. The van der Waals surface area contributed by atoms with E-state index in [0.717, 1.165) is 31.6 Å². The van der Waals surface area contributed by atoms with Gasteiger partial charge in [0, 0.05) is 11.9 Å². The Hall–Kier alpha value is -3.26. The Labute approximate surface area is 167 Å². The maximum atomic E-state index is 13.9. The van der Waals surface area contributed by atoms with Gasteiger partial charge in [-0.05, 0) is 49.3 Å². The van der Waals surface area contributed by atoms with Crippen LogP contribution in [-0.2, 0) is 0 Å². The normalized spacial score (nSPS) is 15.0. The Bertz CT molecular complexity index is 1050. The summed E-state index contributed by atoms with van der Waals surface area (Å²) >= 11 is 0. The Kier molecular flexibility index (Phi) is 5.26. The fourth-order valence-corrected chi connectivity index (χ4v) is 3.52. The van der Waals surface area contributed by atoms with Crippen molar-refractivity contribution in [3.8, 4) is 5.75 Å². The van der Waals surface area contributed by atoms with Crippen molar-refractivity contribution in [2.45, 2.75) is 12.5 Å². The van der Waals surface area contributed by atoms with Crippen LogP contribution in [-0.4, -0.2) is 47.5 Å². The summed E-state index contributed by atoms with van der Waals surface area (Å²) in [4.78, 5) is 22.7. The second-order valence-corrected chi connectivity index (χ2v) is 7.03. The van der Waals surface area contributed by atoms with Gasteiger partial charge in [-0.25, -0.2) is 14.4 Å². The number of hydrogen-bond donors (Lipinski definition) is 2. The first-order chi connectivity index (χ1) is 14.1. The van der Waals surface area contributed by atoms with Gasteiger partial charge in [0.2, 0.25) is 0 Å². The molecule has 1 amide bonds. The van der Waals surface area contributed by atoms with Crippen molar-refractivity contribution in [3.63, 3.8) is 0 Å². The Morgan fingerprint density at radius 3 is 2.83 bits per heavy atom. The number of anilines is 1. The lowest BCUT2D eigenvalue weighted by Crippen LogP contribution is -2.41. The molecule has 0 aliphatic carbocycles. The molecule has 0 spiro atoms. The molecule has 7 nitrogen and oxygen atoms in total. The minimum absolute atomic E-state index is 0.153. The van der Waals surface area contributed by atoms with E-state index in [9.17, 15) is 9.18 Å². The van der Waals surface area contributed by atoms with Crippen LogP contribution in [0.15, 0.2) is 42.7 Å². The van der Waals surface area contributed by atoms with Crippen LogP contribution < -0.4 is 15.8 Å². The molecule has 4 rings (SSSR count). The SMILES string of the molecule is COc1cc(C(CN2CCC2)Nc2ncnc3c(C(N)=O)cccc23)ccc1F. The van der Waals surface area contributed by atoms with Crippen molar-refractivity contribution >= 4 is 22.6 Å². The van der Waals surface area contributed by atoms with Gasteiger partial charge in [0.25, 0.3) is 5.91 Å². The molecule has 2 heterocycles. The lowest BCUT2D eigenvalue weighted by atomic mass is 10.0. The average Bonchev–Trinajstić information content (AvgIpc) is 2.69. The number of fused-ring (bicyclic) bond motifs is 1. The van der Waals surface area contributed by atoms with Gasteiger partial charge >= 0.3 is 0 Å². The number of nitrogens with two attached hydrogens (primary N) is 1. The standard InChI is InChI=1S/C21H22FN5O2/c1-29-18-10-13(6-7-16(18)22)17(11-27-8-3-9-27)26-21-15-5-2-4-14(20(23)28)19(15)24-12-25-21/h2,4-7,10,12,17H,3,8-9,11H2,1H3,(H2,23,28)(H,24,25,26). The number of methoxy groups -OCH3 is 1. The number of nitrogens with zero attached hydrogens (tertiary/aromatic N) is 3. The number of amides is 1. The van der Waals surface area contributed by atoms with Crippen molar-refractivity contribution < 1.29 is 13.9 Å². The first kappa shape index (κ1) is 19.1. The fourth-order valence-electron chi connectivity index (χ4n) is 3.52. The number of primary amides is 1. The lowest BCUT2D eigenvalue weighted by molar-refractivity contribution is 0.100. The monoisotopic (exact) mass is 395 g/mol. The van der Waals surface area contributed by atoms with E-state index in [1.807, 2.05) is 6.07 Å². The first-order valence-electron chi connectivity index (χ1n) is 9.42. The van der Waals surface area contributed by atoms with Crippen molar-refractivity contribution in [1.82, 2.24) is 14.9 Å². The molecular formula is C21H22FN5O2. The van der Waals surface area contributed by atoms with Gasteiger partial charge in [-0.15, -0.1) is 0 Å². The second-order valence-electron chi connectivity index (χ2n) is 7.03. The minimum Gasteiger partial charge on any atom is -0.494 e. The molecule has 3 aromatic rings. The number of rotatable bonds is 7. The number of halogens is 1. The number of likely N-dealkylation sites (tertiary alicyclic amines) is 1. The summed E-state index contributed by atoms with van der Waals surface area (Å²) in [6, 6.07) is 9.93. The smallest absolute Gasteiger partial charge is 0.250 e. The highest BCUT2D eigenvalue weighted by Crippen LogP contribution is 2.29. The Morgan fingerprint density at radius 1 is 1.31 bits per heavy atom. The third kappa shape index (κ3) is 3.84. The quantitative estimate of drug-likeness (QED) is 0.639. The van der Waals surface area contributed by atoms with Gasteiger partial charge < -0.3 is 20.7 Å². The van der Waals surface area contributed by atoms with Crippen LogP contribution in [0, 0.1) is 5.82 Å². The molecule has 150 valence electrons. The van der Waals surface area contributed by atoms with Crippen LogP contribution in [0.4, 0.5) is 10.2 Å². The zero-order chi connectivity index (χ0) is 20.4. The molecule has 1 aliphatic rings. The molecule has 1 aromatic heterocycles. The first-order valence-corrected chi connectivity index (χ1v) is 9.42. The molecule has 2 aromatic carbocycles. The van der Waals surface area contributed by atoms with E-state index in [2.05, 4.69) is 20.2 Å². The van der Waals surface area contributed by atoms with Crippen molar-refractivity contribution in [1.29, 1.82) is 0 Å². The number of benzene rings is 2. The largest absolute Gasteiger partial charge is 0.494 e. The van der Waals surface area contributed by atoms with E-state index >= 15 is 0 Å². The zero-order valence-electron chi connectivity index (χ0n) is 16.1. The topological polar surface area (TPSA) is 93.4 Å². The average molecular weight is 395 g/mol. The van der Waals surface area contributed by atoms with Gasteiger partial charge in [0.05, 0.1) is 24.2 Å². The van der Waals surface area contributed by atoms with Gasteiger partial charge in [0.1, 0.15) is 12.1 Å². The third-order valence-electron chi connectivity index (χ3n) is 5.21. The summed E-state index contributed by atoms with van der Waals surface area (Å²) in [5.41, 5.74) is 7.21. The molecule has 0 saturated carbocycles. The minimum atomic E-state index is -0.541. The van der Waals surface area contributed by atoms with E-state index in [1.54, 1.807) is 24.3 Å². The molecule has 0 radical (unpaired) electrons. The zero-order valence-corrected chi connectivity index (χ0v) is 16.1. The number of aromatic nitrogens is 2. The molecule has 1 saturated heterocycles. The van der Waals surface area contributed by atoms with Crippen LogP contribution >= 0.6 is 0 Å². The molecule has 1 atom stereocenters. The van der Waals surface area contributed by atoms with Gasteiger partial charge in [0.15, 0.2) is 11.6 Å². The Morgan fingerprint density at radius 2 is 2.14 bits per heavy atom. The molecular weight excluding hydrogens is 373 g/mol. The number of hydrogen-bond acceptors (Lipinski definition) is 6. The highest BCUT2D eigenvalue weighted by atomic mass is 19.1. The molecule has 1 unspecified atom stereocenters. The summed E-state index contributed by atoms with van der Waals surface area (Å²) in [6.45, 7) is 2.77. The highest BCUT2D eigenvalue weighted by molar-refractivity contribution is 6.06. The van der Waals surface area contributed by atoms with Crippen LogP contribution in [0.25, 0.3) is 10.9 Å². The van der Waals surface area contributed by atoms with Crippen molar-refractivity contribution in [2.75, 3.05) is 32.1 Å². The predicted molar refractivity (Wildman–Crippen MR) is 108 cm³/mol. The molecule has 1 aliphatic heterocycles. The molecule has 1 fully saturated rings. The summed E-state index contributed by atoms with van der Waals surface area (Å²) in [7, 11) is 1.45. The van der Waals surface area contributed by atoms with Crippen LogP contribution in [0.1, 0.15) is 28.4 Å². The van der Waals surface area contributed by atoms with Crippen LogP contribution in [0.3, 0.4) is 0 Å². The van der Waals surface area contributed by atoms with E-state index in [4.69, 9.17) is 10.5 Å². The maximum absolute atomic E-state index is 13.9. The molecule has 8 heteroatoms. The van der Waals surface area contributed by atoms with Crippen LogP contribution in [0.2, 0.25) is 0 Å². The number of carbonyl (C=O) groups is 1. The van der Waals surface area contributed by atoms with Gasteiger partial charge in [-0.2, -0.15) is 0 Å². The fraction of sp³-hybridized carbons (Fsp3) is 0.286. The highest BCUT2D eigenvalue weighted by Gasteiger charge is 2.23. The third-order valence-corrected chi connectivity index (χ3v) is 5.21. The van der Waals surface area contributed by atoms with E-state index in [-0.39, 0.29) is 11.8 Å². The number of para-hydroxylation sites is 1. The summed E-state index contributed by atoms with van der Waals surface area (Å²) in [5.74, 6) is -0.161. The Balaban J connectivity index is 1.73. The summed E-state index contributed by atoms with van der Waals surface area (Å²) in [6.07, 6.45) is 2.57. The van der Waals surface area contributed by atoms with E-state index in [1.165, 1.54) is 19.5 Å². The number of nitrogens with one attached hydrogen (secondary N) is 1. The van der Waals surface area contributed by atoms with E-state index in [0.29, 0.717) is 22.3 Å². The van der Waals surface area contributed by atoms with Crippen molar-refractivity contribution in [3.05, 3.63) is 59.7 Å². The maximum Gasteiger partial charge on any atom is 0.250 e. The summed E-state index contributed by atoms with van der Waals surface area (Å²) < 4.78 is 19.1. The molecule has 0 bridgehead atoms. The van der Waals surface area contributed by atoms with Crippen molar-refractivity contribution in [2.24, 2.45) is 5.73 Å². The number of carbonyl (C=O) groups excluding carboxylic acids is 1. The van der Waals surface area contributed by atoms with Crippen LogP contribution in [0.5, 0.6) is 5.75 Å². The number of ether oxygens (including phenoxy) is 1.